The van der Waals surface area contributed by atoms with Gasteiger partial charge in [0.2, 0.25) is 10.0 Å². The molecule has 1 fully saturated rings. The minimum atomic E-state index is -3.83. The van der Waals surface area contributed by atoms with Crippen molar-refractivity contribution in [2.45, 2.75) is 44.4 Å². The Bertz CT molecular complexity index is 751. The Labute approximate surface area is 154 Å². The molecule has 0 spiro atoms. The molecule has 3 rings (SSSR count). The third kappa shape index (κ3) is 3.93. The molecule has 0 bridgehead atoms. The number of hydrogen-bond acceptors (Lipinski definition) is 5. The predicted molar refractivity (Wildman–Crippen MR) is 95.3 cm³/mol. The maximum Gasteiger partial charge on any atom is 0.322 e. The number of hydrogen-bond donors (Lipinski definition) is 1. The van der Waals surface area contributed by atoms with Gasteiger partial charge in [0.25, 0.3) is 0 Å². The zero-order valence-electron chi connectivity index (χ0n) is 14.9. The normalized spacial score (nSPS) is 23.3. The van der Waals surface area contributed by atoms with Gasteiger partial charge in [0, 0.05) is 45.6 Å². The number of rotatable bonds is 6. The number of fused-ring (bicyclic) bond motifs is 1. The Morgan fingerprint density at radius 3 is 2.58 bits per heavy atom. The number of carboxylic acid groups (broad SMARTS) is 1. The topological polar surface area (TPSA) is 93.1 Å². The second-order valence-electron chi connectivity index (χ2n) is 6.86. The van der Waals surface area contributed by atoms with Gasteiger partial charge < -0.3 is 14.6 Å². The lowest BCUT2D eigenvalue weighted by Crippen LogP contribution is -2.54. The highest BCUT2D eigenvalue weighted by molar-refractivity contribution is 7.89. The van der Waals surface area contributed by atoms with E-state index in [0.717, 1.165) is 15.4 Å². The summed E-state index contributed by atoms with van der Waals surface area (Å²) in [6, 6.07) is 6.30. The molecule has 0 aliphatic carbocycles. The Morgan fingerprint density at radius 2 is 1.96 bits per heavy atom. The number of nitrogens with zero attached hydrogens (tertiary/aromatic N) is 1. The van der Waals surface area contributed by atoms with Gasteiger partial charge in [-0.1, -0.05) is 24.3 Å². The van der Waals surface area contributed by atoms with E-state index in [9.17, 15) is 18.3 Å². The number of aliphatic carboxylic acids is 1. The van der Waals surface area contributed by atoms with Crippen molar-refractivity contribution >= 4 is 16.0 Å². The largest absolute Gasteiger partial charge is 0.480 e. The standard InChI is InChI=1S/C18H25NO6S/c1-2-25-18(7-9-24-10-8-18)13-26(22,23)19-12-15-6-4-3-5-14(15)11-16(19)17(20)21/h3-6,16H,2,7-13H2,1H3,(H,20,21)/t16-/m1/s1. The molecule has 2 aliphatic heterocycles. The van der Waals surface area contributed by atoms with Gasteiger partial charge in [-0.25, -0.2) is 8.42 Å². The van der Waals surface area contributed by atoms with E-state index in [1.54, 1.807) is 0 Å². The van der Waals surface area contributed by atoms with Crippen LogP contribution in [0.3, 0.4) is 0 Å². The van der Waals surface area contributed by atoms with Crippen molar-refractivity contribution in [1.82, 2.24) is 4.31 Å². The zero-order valence-corrected chi connectivity index (χ0v) is 15.7. The molecule has 1 atom stereocenters. The molecule has 1 N–H and O–H groups in total. The summed E-state index contributed by atoms with van der Waals surface area (Å²) in [5.74, 6) is -1.34. The van der Waals surface area contributed by atoms with E-state index in [1.165, 1.54) is 0 Å². The van der Waals surface area contributed by atoms with Crippen LogP contribution in [0.2, 0.25) is 0 Å². The van der Waals surface area contributed by atoms with E-state index < -0.39 is 27.6 Å². The molecule has 1 aromatic rings. The van der Waals surface area contributed by atoms with Crippen molar-refractivity contribution in [3.8, 4) is 0 Å². The van der Waals surface area contributed by atoms with Crippen molar-refractivity contribution in [2.24, 2.45) is 0 Å². The van der Waals surface area contributed by atoms with E-state index >= 15 is 0 Å². The monoisotopic (exact) mass is 383 g/mol. The molecule has 144 valence electrons. The molecule has 0 saturated carbocycles. The maximum absolute atomic E-state index is 13.2. The molecular formula is C18H25NO6S. The smallest absolute Gasteiger partial charge is 0.322 e. The minimum Gasteiger partial charge on any atom is -0.480 e. The first-order valence-electron chi connectivity index (χ1n) is 8.88. The number of ether oxygens (including phenoxy) is 2. The SMILES string of the molecule is CCOC1(CS(=O)(=O)N2Cc3ccccc3C[C@@H]2C(=O)O)CCOCC1. The molecule has 2 heterocycles. The minimum absolute atomic E-state index is 0.0776. The fraction of sp³-hybridized carbons (Fsp3) is 0.611. The molecule has 0 aromatic heterocycles. The Morgan fingerprint density at radius 1 is 1.31 bits per heavy atom. The van der Waals surface area contributed by atoms with Gasteiger partial charge in [0.1, 0.15) is 6.04 Å². The summed E-state index contributed by atoms with van der Waals surface area (Å²) in [5, 5.41) is 9.61. The molecular weight excluding hydrogens is 358 g/mol. The Kier molecular flexibility index (Phi) is 5.67. The fourth-order valence-electron chi connectivity index (χ4n) is 3.80. The molecule has 1 aromatic carbocycles. The van der Waals surface area contributed by atoms with Gasteiger partial charge in [0.05, 0.1) is 11.4 Å². The molecule has 26 heavy (non-hydrogen) atoms. The van der Waals surface area contributed by atoms with E-state index in [-0.39, 0.29) is 18.7 Å². The van der Waals surface area contributed by atoms with Crippen LogP contribution in [0.4, 0.5) is 0 Å². The molecule has 0 amide bonds. The van der Waals surface area contributed by atoms with Crippen LogP contribution in [-0.4, -0.2) is 61.0 Å². The van der Waals surface area contributed by atoms with Gasteiger partial charge in [0.15, 0.2) is 0 Å². The average Bonchev–Trinajstić information content (AvgIpc) is 2.61. The van der Waals surface area contributed by atoms with Crippen LogP contribution in [-0.2, 0) is 37.3 Å². The second-order valence-corrected chi connectivity index (χ2v) is 8.78. The van der Waals surface area contributed by atoms with Crippen LogP contribution in [0, 0.1) is 0 Å². The third-order valence-corrected chi connectivity index (χ3v) is 7.14. The van der Waals surface area contributed by atoms with E-state index in [1.807, 2.05) is 31.2 Å². The Balaban J connectivity index is 1.90. The van der Waals surface area contributed by atoms with E-state index in [4.69, 9.17) is 9.47 Å². The van der Waals surface area contributed by atoms with Gasteiger partial charge in [-0.15, -0.1) is 0 Å². The second kappa shape index (κ2) is 7.64. The first kappa shape index (κ1) is 19.3. The lowest BCUT2D eigenvalue weighted by molar-refractivity contribution is -0.142. The zero-order chi connectivity index (χ0) is 18.8. The fourth-order valence-corrected chi connectivity index (χ4v) is 5.89. The molecule has 0 radical (unpaired) electrons. The highest BCUT2D eigenvalue weighted by Gasteiger charge is 2.44. The first-order valence-corrected chi connectivity index (χ1v) is 10.5. The summed E-state index contributed by atoms with van der Waals surface area (Å²) in [6.07, 6.45) is 1.15. The lowest BCUT2D eigenvalue weighted by Gasteiger charge is -2.40. The first-order chi connectivity index (χ1) is 12.4. The quantitative estimate of drug-likeness (QED) is 0.798. The summed E-state index contributed by atoms with van der Waals surface area (Å²) in [5.41, 5.74) is 0.925. The highest BCUT2D eigenvalue weighted by atomic mass is 32.2. The van der Waals surface area contributed by atoms with Gasteiger partial charge in [-0.05, 0) is 18.1 Å². The van der Waals surface area contributed by atoms with Gasteiger partial charge in [-0.2, -0.15) is 4.31 Å². The summed E-state index contributed by atoms with van der Waals surface area (Å²) < 4.78 is 38.7. The van der Waals surface area contributed by atoms with Crippen LogP contribution >= 0.6 is 0 Å². The summed E-state index contributed by atoms with van der Waals surface area (Å²) in [7, 11) is -3.83. The van der Waals surface area contributed by atoms with Crippen molar-refractivity contribution in [1.29, 1.82) is 0 Å². The van der Waals surface area contributed by atoms with Gasteiger partial charge >= 0.3 is 5.97 Å². The summed E-state index contributed by atoms with van der Waals surface area (Å²) >= 11 is 0. The van der Waals surface area contributed by atoms with Gasteiger partial charge in [-0.3, -0.25) is 4.79 Å². The molecule has 1 saturated heterocycles. The van der Waals surface area contributed by atoms with Crippen LogP contribution in [0.1, 0.15) is 30.9 Å². The lowest BCUT2D eigenvalue weighted by atomic mass is 9.96. The number of carbonyl (C=O) groups is 1. The van der Waals surface area contributed by atoms with Crippen molar-refractivity contribution in [3.63, 3.8) is 0 Å². The number of benzene rings is 1. The summed E-state index contributed by atoms with van der Waals surface area (Å²) in [6.45, 7) is 3.21. The van der Waals surface area contributed by atoms with Crippen LogP contribution in [0.25, 0.3) is 0 Å². The predicted octanol–water partition coefficient (Wildman–Crippen LogP) is 1.41. The highest BCUT2D eigenvalue weighted by Crippen LogP contribution is 2.32. The summed E-state index contributed by atoms with van der Waals surface area (Å²) in [4.78, 5) is 11.8. The number of sulfonamides is 1. The molecule has 0 unspecified atom stereocenters. The van der Waals surface area contributed by atoms with E-state index in [0.29, 0.717) is 32.7 Å². The molecule has 8 heteroatoms. The van der Waals surface area contributed by atoms with Crippen LogP contribution in [0.15, 0.2) is 24.3 Å². The van der Waals surface area contributed by atoms with Crippen molar-refractivity contribution in [3.05, 3.63) is 35.4 Å². The third-order valence-electron chi connectivity index (χ3n) is 5.15. The maximum atomic E-state index is 13.2. The van der Waals surface area contributed by atoms with E-state index in [2.05, 4.69) is 0 Å². The molecule has 7 nitrogen and oxygen atoms in total. The van der Waals surface area contributed by atoms with Crippen molar-refractivity contribution in [2.75, 3.05) is 25.6 Å². The molecule has 2 aliphatic rings. The Hall–Kier alpha value is -1.48. The van der Waals surface area contributed by atoms with Crippen molar-refractivity contribution < 1.29 is 27.8 Å². The van der Waals surface area contributed by atoms with Crippen LogP contribution in [0.5, 0.6) is 0 Å². The average molecular weight is 383 g/mol. The van der Waals surface area contributed by atoms with Crippen LogP contribution < -0.4 is 0 Å². The number of carboxylic acids is 1.